The highest BCUT2D eigenvalue weighted by molar-refractivity contribution is 7.89. The van der Waals surface area contributed by atoms with E-state index in [4.69, 9.17) is 11.6 Å². The molecule has 9 heteroatoms. The van der Waals surface area contributed by atoms with Crippen molar-refractivity contribution in [1.82, 2.24) is 14.7 Å². The highest BCUT2D eigenvalue weighted by Gasteiger charge is 2.32. The molecule has 2 N–H and O–H groups in total. The zero-order valence-electron chi connectivity index (χ0n) is 19.2. The van der Waals surface area contributed by atoms with E-state index in [0.717, 1.165) is 46.1 Å². The van der Waals surface area contributed by atoms with Crippen LogP contribution in [0.4, 0.5) is 10.2 Å². The van der Waals surface area contributed by atoms with E-state index in [9.17, 15) is 12.8 Å². The fourth-order valence-corrected chi connectivity index (χ4v) is 6.32. The summed E-state index contributed by atoms with van der Waals surface area (Å²) in [5.41, 5.74) is 1.35. The normalized spacial score (nSPS) is 16.3. The van der Waals surface area contributed by atoms with Gasteiger partial charge < -0.3 is 9.88 Å². The third-order valence-electron chi connectivity index (χ3n) is 6.46. The molecule has 34 heavy (non-hydrogen) atoms. The van der Waals surface area contributed by atoms with Gasteiger partial charge in [-0.3, -0.25) is 0 Å². The molecule has 178 valence electrons. The lowest BCUT2D eigenvalue weighted by Crippen LogP contribution is -2.35. The van der Waals surface area contributed by atoms with Crippen molar-refractivity contribution in [2.75, 3.05) is 18.5 Å². The molecular formula is C25H26ClFN4O2S. The number of para-hydroxylation sites is 1. The first-order valence-corrected chi connectivity index (χ1v) is 13.0. The number of hydrogen-bond acceptors (Lipinski definition) is 4. The van der Waals surface area contributed by atoms with Crippen LogP contribution >= 0.6 is 11.6 Å². The number of nitrogens with one attached hydrogen (secondary N) is 2. The van der Waals surface area contributed by atoms with Crippen LogP contribution < -0.4 is 9.62 Å². The average molecular weight is 501 g/mol. The van der Waals surface area contributed by atoms with Gasteiger partial charge >= 0.3 is 0 Å². The Bertz CT molecular complexity index is 1480. The number of H-pyrrole nitrogens is 1. The van der Waals surface area contributed by atoms with E-state index < -0.39 is 15.7 Å². The summed E-state index contributed by atoms with van der Waals surface area (Å²) >= 11 is 6.14. The van der Waals surface area contributed by atoms with E-state index in [1.807, 2.05) is 25.2 Å². The fraction of sp³-hybridized carbons (Fsp3) is 0.320. The Balaban J connectivity index is 1.62. The summed E-state index contributed by atoms with van der Waals surface area (Å²) < 4.78 is 43.1. The van der Waals surface area contributed by atoms with Crippen molar-refractivity contribution in [2.24, 2.45) is 0 Å². The molecule has 1 aliphatic carbocycles. The van der Waals surface area contributed by atoms with Gasteiger partial charge in [0.25, 0.3) is 0 Å². The summed E-state index contributed by atoms with van der Waals surface area (Å²) in [5.74, 6) is 0.954. The van der Waals surface area contributed by atoms with E-state index in [1.54, 1.807) is 18.3 Å². The summed E-state index contributed by atoms with van der Waals surface area (Å²) in [5, 5.41) is 2.58. The van der Waals surface area contributed by atoms with Crippen LogP contribution in [-0.4, -0.2) is 37.6 Å². The van der Waals surface area contributed by atoms with Crippen molar-refractivity contribution in [3.05, 3.63) is 64.9 Å². The van der Waals surface area contributed by atoms with Gasteiger partial charge in [0.2, 0.25) is 10.0 Å². The van der Waals surface area contributed by atoms with Crippen molar-refractivity contribution in [3.8, 4) is 0 Å². The molecule has 6 nitrogen and oxygen atoms in total. The summed E-state index contributed by atoms with van der Waals surface area (Å²) in [6, 6.07) is 13.4. The smallest absolute Gasteiger partial charge is 0.241 e. The van der Waals surface area contributed by atoms with Crippen LogP contribution in [0.15, 0.2) is 53.6 Å². The number of aromatic amines is 1. The minimum absolute atomic E-state index is 0.0327. The van der Waals surface area contributed by atoms with Crippen LogP contribution in [0.25, 0.3) is 21.7 Å². The molecule has 5 rings (SSSR count). The molecule has 0 fully saturated rings. The third kappa shape index (κ3) is 4.15. The second-order valence-corrected chi connectivity index (χ2v) is 11.6. The molecule has 2 heterocycles. The number of alkyl halides is 1. The van der Waals surface area contributed by atoms with Gasteiger partial charge in [0, 0.05) is 41.5 Å². The van der Waals surface area contributed by atoms with E-state index in [2.05, 4.69) is 31.7 Å². The molecule has 0 aliphatic heterocycles. The summed E-state index contributed by atoms with van der Waals surface area (Å²) in [6.45, 7) is 2.34. The number of aryl methyl sites for hydroxylation is 1. The zero-order valence-corrected chi connectivity index (χ0v) is 20.8. The first kappa shape index (κ1) is 23.1. The quantitative estimate of drug-likeness (QED) is 0.342. The van der Waals surface area contributed by atoms with E-state index in [1.165, 1.54) is 13.8 Å². The highest BCUT2D eigenvalue weighted by Crippen LogP contribution is 2.43. The molecule has 1 atom stereocenters. The second-order valence-electron chi connectivity index (χ2n) is 9.45. The minimum Gasteiger partial charge on any atom is -0.354 e. The monoisotopic (exact) mass is 500 g/mol. The Hall–Kier alpha value is -2.68. The number of benzene rings is 2. The lowest BCUT2D eigenvalue weighted by molar-refractivity contribution is 0.221. The Morgan fingerprint density at radius 2 is 2.00 bits per heavy atom. The van der Waals surface area contributed by atoms with Crippen LogP contribution in [0.5, 0.6) is 0 Å². The van der Waals surface area contributed by atoms with E-state index in [0.29, 0.717) is 5.39 Å². The van der Waals surface area contributed by atoms with Gasteiger partial charge in [-0.1, -0.05) is 29.8 Å². The van der Waals surface area contributed by atoms with Gasteiger partial charge in [-0.2, -0.15) is 0 Å². The Morgan fingerprint density at radius 1 is 1.24 bits per heavy atom. The standard InChI is InChI=1S/C25H26ClFN4O2S/c1-25(2,27)14-29-34(32,33)22-11-17-16(19-13-28-23(26)12-18(19)22)8-9-21(17)31(3)24-10-15-6-4-5-7-20(15)30-24/h4-7,10-13,21,29-30H,8-9,14H2,1-3H3. The predicted molar refractivity (Wildman–Crippen MR) is 135 cm³/mol. The van der Waals surface area contributed by atoms with Gasteiger partial charge in [-0.05, 0) is 62.1 Å². The average Bonchev–Trinajstić information content (AvgIpc) is 3.40. The Kier molecular flexibility index (Phi) is 5.58. The van der Waals surface area contributed by atoms with Crippen LogP contribution in [0.1, 0.15) is 37.4 Å². The van der Waals surface area contributed by atoms with Crippen LogP contribution in [0.3, 0.4) is 0 Å². The maximum atomic E-state index is 14.1. The largest absolute Gasteiger partial charge is 0.354 e. The predicted octanol–water partition coefficient (Wildman–Crippen LogP) is 5.52. The highest BCUT2D eigenvalue weighted by atomic mass is 35.5. The van der Waals surface area contributed by atoms with Gasteiger partial charge in [0.15, 0.2) is 0 Å². The number of fused-ring (bicyclic) bond motifs is 4. The van der Waals surface area contributed by atoms with Gasteiger partial charge in [0.05, 0.1) is 10.9 Å². The molecule has 0 spiro atoms. The molecule has 2 aromatic carbocycles. The molecule has 1 aliphatic rings. The summed E-state index contributed by atoms with van der Waals surface area (Å²) in [7, 11) is -1.99. The van der Waals surface area contributed by atoms with Crippen molar-refractivity contribution >= 4 is 49.1 Å². The molecule has 1 unspecified atom stereocenters. The molecule has 2 aromatic heterocycles. The lowest BCUT2D eigenvalue weighted by Gasteiger charge is -2.27. The van der Waals surface area contributed by atoms with Crippen LogP contribution in [0, 0.1) is 0 Å². The summed E-state index contributed by atoms with van der Waals surface area (Å²) in [6.07, 6.45) is 3.25. The minimum atomic E-state index is -4.00. The molecule has 0 saturated heterocycles. The number of halogens is 2. The molecule has 0 saturated carbocycles. The van der Waals surface area contributed by atoms with Crippen molar-refractivity contribution in [3.63, 3.8) is 0 Å². The number of sulfonamides is 1. The molecule has 0 radical (unpaired) electrons. The van der Waals surface area contributed by atoms with Gasteiger partial charge in [0.1, 0.15) is 16.6 Å². The molecule has 4 aromatic rings. The van der Waals surface area contributed by atoms with E-state index >= 15 is 0 Å². The number of anilines is 1. The van der Waals surface area contributed by atoms with Gasteiger partial charge in [-0.15, -0.1) is 0 Å². The maximum absolute atomic E-state index is 14.1. The SMILES string of the molecule is CN(c1cc2ccccc2[nH]1)C1CCc2c1cc(S(=O)(=O)NCC(C)(C)F)c1cc(Cl)ncc21. The zero-order chi connectivity index (χ0) is 24.3. The van der Waals surface area contributed by atoms with Gasteiger partial charge in [-0.25, -0.2) is 22.5 Å². The topological polar surface area (TPSA) is 78.1 Å². The Labute approximate surface area is 203 Å². The second kappa shape index (κ2) is 8.22. The first-order chi connectivity index (χ1) is 16.0. The lowest BCUT2D eigenvalue weighted by atomic mass is 10.0. The summed E-state index contributed by atoms with van der Waals surface area (Å²) in [4.78, 5) is 9.91. The molecule has 0 bridgehead atoms. The Morgan fingerprint density at radius 3 is 2.74 bits per heavy atom. The van der Waals surface area contributed by atoms with Crippen LogP contribution in [0.2, 0.25) is 5.15 Å². The number of hydrogen-bond donors (Lipinski definition) is 2. The fourth-order valence-electron chi connectivity index (χ4n) is 4.73. The molecule has 0 amide bonds. The third-order valence-corrected chi connectivity index (χ3v) is 8.11. The number of rotatable bonds is 6. The maximum Gasteiger partial charge on any atom is 0.241 e. The first-order valence-electron chi connectivity index (χ1n) is 11.1. The van der Waals surface area contributed by atoms with E-state index in [-0.39, 0.29) is 22.6 Å². The number of pyridine rings is 1. The van der Waals surface area contributed by atoms with Crippen molar-refractivity contribution in [2.45, 2.75) is 43.3 Å². The van der Waals surface area contributed by atoms with Crippen molar-refractivity contribution in [1.29, 1.82) is 0 Å². The van der Waals surface area contributed by atoms with Crippen LogP contribution in [-0.2, 0) is 16.4 Å². The van der Waals surface area contributed by atoms with Crippen molar-refractivity contribution < 1.29 is 12.8 Å². The number of aromatic nitrogens is 2. The number of nitrogens with zero attached hydrogens (tertiary/aromatic N) is 2. The molecular weight excluding hydrogens is 475 g/mol.